The van der Waals surface area contributed by atoms with Crippen LogP contribution in [0.3, 0.4) is 0 Å². The first-order valence-corrected chi connectivity index (χ1v) is 7.85. The summed E-state index contributed by atoms with van der Waals surface area (Å²) < 4.78 is 0. The summed E-state index contributed by atoms with van der Waals surface area (Å²) in [5.74, 6) is 1.29. The Balaban J connectivity index is 0. The fourth-order valence-corrected chi connectivity index (χ4v) is 1.34. The number of nitrogens with zero attached hydrogens (tertiary/aromatic N) is 3. The van der Waals surface area contributed by atoms with Crippen molar-refractivity contribution in [3.05, 3.63) is 23.4 Å². The van der Waals surface area contributed by atoms with Crippen molar-refractivity contribution in [1.29, 1.82) is 0 Å². The maximum Gasteiger partial charge on any atom is 0.0834 e. The number of rotatable bonds is 2. The predicted molar refractivity (Wildman–Crippen MR) is 91.6 cm³/mol. The Hall–Kier alpha value is -1.25. The number of hydrogen-bond acceptors (Lipinski definition) is 3. The smallest absolute Gasteiger partial charge is 0.0834 e. The minimum absolute atomic E-state index is 0.616. The van der Waals surface area contributed by atoms with Gasteiger partial charge in [0, 0.05) is 6.21 Å². The van der Waals surface area contributed by atoms with Gasteiger partial charge in [-0.25, -0.2) is 0 Å². The van der Waals surface area contributed by atoms with E-state index in [1.54, 1.807) is 0 Å². The summed E-state index contributed by atoms with van der Waals surface area (Å²) >= 11 is 0. The molecule has 0 aliphatic carbocycles. The quantitative estimate of drug-likeness (QED) is 0.622. The highest BCUT2D eigenvalue weighted by molar-refractivity contribution is 5.75. The number of allylic oxidation sites excluding steroid dienone is 1. The van der Waals surface area contributed by atoms with Gasteiger partial charge in [0.2, 0.25) is 0 Å². The van der Waals surface area contributed by atoms with Crippen molar-refractivity contribution in [2.45, 2.75) is 55.4 Å². The molecule has 0 fully saturated rings. The third-order valence-electron chi connectivity index (χ3n) is 2.71. The molecule has 0 bridgehead atoms. The maximum absolute atomic E-state index is 4.07. The van der Waals surface area contributed by atoms with E-state index >= 15 is 0 Å². The second-order valence-corrected chi connectivity index (χ2v) is 4.66. The van der Waals surface area contributed by atoms with E-state index in [1.165, 1.54) is 11.1 Å². The molecule has 2 heterocycles. The largest absolute Gasteiger partial charge is 0.289 e. The van der Waals surface area contributed by atoms with Crippen LogP contribution in [0, 0.1) is 11.8 Å². The first-order chi connectivity index (χ1) is 9.61. The zero-order chi connectivity index (χ0) is 16.0. The summed E-state index contributed by atoms with van der Waals surface area (Å²) in [6.45, 7) is 18.4. The van der Waals surface area contributed by atoms with E-state index in [9.17, 15) is 0 Å². The van der Waals surface area contributed by atoms with Crippen LogP contribution in [-0.4, -0.2) is 19.3 Å². The van der Waals surface area contributed by atoms with Crippen LogP contribution in [0.2, 0.25) is 0 Å². The highest BCUT2D eigenvalue weighted by Crippen LogP contribution is 2.14. The molecular formula is C17H33N3. The highest BCUT2D eigenvalue weighted by Gasteiger charge is 2.04. The van der Waals surface area contributed by atoms with Crippen LogP contribution < -0.4 is 0 Å². The van der Waals surface area contributed by atoms with E-state index in [0.717, 1.165) is 13.1 Å². The van der Waals surface area contributed by atoms with Gasteiger partial charge in [-0.05, 0) is 29.1 Å². The topological polar surface area (TPSA) is 37.1 Å². The van der Waals surface area contributed by atoms with Crippen molar-refractivity contribution in [1.82, 2.24) is 0 Å². The normalized spacial score (nSPS) is 14.7. The average molecular weight is 279 g/mol. The molecule has 0 aromatic heterocycles. The number of azo groups is 1. The minimum atomic E-state index is 0.616. The number of hydrogen-bond donors (Lipinski definition) is 0. The van der Waals surface area contributed by atoms with Crippen LogP contribution in [0.4, 0.5) is 0 Å². The fourth-order valence-electron chi connectivity index (χ4n) is 1.34. The van der Waals surface area contributed by atoms with Gasteiger partial charge in [0.25, 0.3) is 0 Å². The Morgan fingerprint density at radius 1 is 0.850 bits per heavy atom. The van der Waals surface area contributed by atoms with Crippen LogP contribution in [0.25, 0.3) is 0 Å². The Labute approximate surface area is 126 Å². The number of aliphatic imine (C=N–C) groups is 1. The Kier molecular flexibility index (Phi) is 14.9. The molecule has 116 valence electrons. The minimum Gasteiger partial charge on any atom is -0.289 e. The first kappa shape index (κ1) is 21.1. The average Bonchev–Trinajstić information content (AvgIpc) is 3.17. The van der Waals surface area contributed by atoms with Gasteiger partial charge in [-0.15, -0.1) is 0 Å². The fraction of sp³-hybridized carbons (Fsp3) is 0.706. The molecule has 0 aromatic carbocycles. The van der Waals surface area contributed by atoms with E-state index < -0.39 is 0 Å². The van der Waals surface area contributed by atoms with Gasteiger partial charge in [0.1, 0.15) is 0 Å². The molecule has 0 radical (unpaired) electrons. The second kappa shape index (κ2) is 14.2. The molecule has 0 amide bonds. The summed E-state index contributed by atoms with van der Waals surface area (Å²) in [5.41, 5.74) is 2.79. The SMILES string of the molecule is CC.CC.CC(C)C1=CC=NC1.CC(C)C1=CN=NC1. The van der Waals surface area contributed by atoms with Gasteiger partial charge in [0.05, 0.1) is 19.3 Å². The molecule has 2 rings (SSSR count). The molecule has 2 aliphatic rings. The molecular weight excluding hydrogens is 246 g/mol. The van der Waals surface area contributed by atoms with Gasteiger partial charge < -0.3 is 0 Å². The Morgan fingerprint density at radius 3 is 1.60 bits per heavy atom. The van der Waals surface area contributed by atoms with Crippen molar-refractivity contribution < 1.29 is 0 Å². The molecule has 0 saturated carbocycles. The molecule has 0 spiro atoms. The van der Waals surface area contributed by atoms with Crippen molar-refractivity contribution in [3.8, 4) is 0 Å². The summed E-state index contributed by atoms with van der Waals surface area (Å²) in [6.07, 6.45) is 5.84. The zero-order valence-electron chi connectivity index (χ0n) is 14.6. The molecule has 3 nitrogen and oxygen atoms in total. The predicted octanol–water partition coefficient (Wildman–Crippen LogP) is 5.70. The lowest BCUT2D eigenvalue weighted by atomic mass is 10.1. The highest BCUT2D eigenvalue weighted by atomic mass is 15.1. The third-order valence-corrected chi connectivity index (χ3v) is 2.71. The molecule has 0 unspecified atom stereocenters. The van der Waals surface area contributed by atoms with Crippen molar-refractivity contribution >= 4 is 6.21 Å². The molecule has 0 saturated heterocycles. The molecule has 3 heteroatoms. The standard InChI is InChI=1S/C7H11N.C6H10N2.2C2H6/c1-6(2)7-3-4-8-5-7;1-5(2)6-3-7-8-4-6;2*1-2/h3-4,6H,5H2,1-2H3;3,5H,4H2,1-2H3;2*1-2H3. The molecule has 0 atom stereocenters. The van der Waals surface area contributed by atoms with Gasteiger partial charge in [-0.3, -0.25) is 4.99 Å². The van der Waals surface area contributed by atoms with Crippen molar-refractivity contribution in [2.75, 3.05) is 13.1 Å². The summed E-state index contributed by atoms with van der Waals surface area (Å²) in [4.78, 5) is 4.07. The lowest BCUT2D eigenvalue weighted by molar-refractivity contribution is 0.754. The van der Waals surface area contributed by atoms with Crippen LogP contribution in [0.5, 0.6) is 0 Å². The lowest BCUT2D eigenvalue weighted by Crippen LogP contribution is -1.93. The van der Waals surface area contributed by atoms with E-state index in [2.05, 4.69) is 49.0 Å². The van der Waals surface area contributed by atoms with Crippen molar-refractivity contribution in [2.24, 2.45) is 27.1 Å². The monoisotopic (exact) mass is 279 g/mol. The van der Waals surface area contributed by atoms with Crippen molar-refractivity contribution in [3.63, 3.8) is 0 Å². The first-order valence-electron chi connectivity index (χ1n) is 7.85. The van der Waals surface area contributed by atoms with Crippen LogP contribution in [0.1, 0.15) is 55.4 Å². The van der Waals surface area contributed by atoms with E-state index in [-0.39, 0.29) is 0 Å². The molecule has 2 aliphatic heterocycles. The van der Waals surface area contributed by atoms with Gasteiger partial charge in [0.15, 0.2) is 0 Å². The van der Waals surface area contributed by atoms with E-state index in [0.29, 0.717) is 11.8 Å². The van der Waals surface area contributed by atoms with Crippen LogP contribution >= 0.6 is 0 Å². The van der Waals surface area contributed by atoms with Gasteiger partial charge >= 0.3 is 0 Å². The van der Waals surface area contributed by atoms with Gasteiger partial charge in [-0.1, -0.05) is 55.4 Å². The molecule has 0 N–H and O–H groups in total. The lowest BCUT2D eigenvalue weighted by Gasteiger charge is -2.01. The molecule has 0 aromatic rings. The summed E-state index contributed by atoms with van der Waals surface area (Å²) in [7, 11) is 0. The zero-order valence-corrected chi connectivity index (χ0v) is 14.6. The third kappa shape index (κ3) is 9.65. The second-order valence-electron chi connectivity index (χ2n) is 4.66. The van der Waals surface area contributed by atoms with E-state index in [4.69, 9.17) is 0 Å². The Bertz CT molecular complexity index is 300. The van der Waals surface area contributed by atoms with Crippen LogP contribution in [0.15, 0.2) is 38.6 Å². The summed E-state index contributed by atoms with van der Waals surface area (Å²) in [5, 5.41) is 7.57. The Morgan fingerprint density at radius 2 is 1.40 bits per heavy atom. The maximum atomic E-state index is 4.07. The molecule has 20 heavy (non-hydrogen) atoms. The van der Waals surface area contributed by atoms with E-state index in [1.807, 2.05) is 40.1 Å². The van der Waals surface area contributed by atoms with Gasteiger partial charge in [-0.2, -0.15) is 10.2 Å². The van der Waals surface area contributed by atoms with Crippen LogP contribution in [-0.2, 0) is 0 Å². The summed E-state index contributed by atoms with van der Waals surface area (Å²) in [6, 6.07) is 0.